The lowest BCUT2D eigenvalue weighted by Crippen LogP contribution is -2.47. The average molecular weight is 396 g/mol. The van der Waals surface area contributed by atoms with Gasteiger partial charge < -0.3 is 18.9 Å². The van der Waals surface area contributed by atoms with E-state index in [0.29, 0.717) is 6.61 Å². The summed E-state index contributed by atoms with van der Waals surface area (Å²) in [7, 11) is -0.501. The van der Waals surface area contributed by atoms with E-state index < -0.39 is 18.3 Å². The Morgan fingerprint density at radius 1 is 1.26 bits per heavy atom. The number of carbonyl (C=O) groups excluding carboxylic acids is 1. The number of aromatic nitrogens is 2. The fourth-order valence-electron chi connectivity index (χ4n) is 3.25. The molecule has 0 N–H and O–H groups in total. The summed E-state index contributed by atoms with van der Waals surface area (Å²) in [6.07, 6.45) is 6.29. The molecule has 27 heavy (non-hydrogen) atoms. The lowest BCUT2D eigenvalue weighted by molar-refractivity contribution is -0.132. The highest BCUT2D eigenvalue weighted by molar-refractivity contribution is 6.61. The summed E-state index contributed by atoms with van der Waals surface area (Å²) in [6, 6.07) is 0.287. The first-order chi connectivity index (χ1) is 12.7. The van der Waals surface area contributed by atoms with Crippen LogP contribution in [0.25, 0.3) is 0 Å². The van der Waals surface area contributed by atoms with Crippen LogP contribution < -0.4 is 10.2 Å². The van der Waals surface area contributed by atoms with Crippen molar-refractivity contribution in [1.82, 2.24) is 14.9 Å². The summed E-state index contributed by atoms with van der Waals surface area (Å²) < 4.78 is 17.7. The van der Waals surface area contributed by atoms with Gasteiger partial charge in [0.25, 0.3) is 0 Å². The maximum absolute atomic E-state index is 12.0. The second kappa shape index (κ2) is 7.93. The van der Waals surface area contributed by atoms with Crippen molar-refractivity contribution in [2.75, 3.05) is 19.0 Å². The number of amides is 1. The lowest BCUT2D eigenvalue weighted by Gasteiger charge is -2.34. The van der Waals surface area contributed by atoms with Gasteiger partial charge >= 0.3 is 13.1 Å². The number of rotatable bonds is 5. The third kappa shape index (κ3) is 4.38. The standard InChI is InChI=1S/C18H27BClN3O4/c1-17(2)18(3,4)27-19(26-17)13-10-21-16(22-11-13)25-12-14-7-5-6-8-23(14)15(24)9-20/h10-11,14H,5-9,12H2,1-4H3. The zero-order valence-electron chi connectivity index (χ0n) is 16.4. The van der Waals surface area contributed by atoms with Crippen LogP contribution in [-0.4, -0.2) is 64.2 Å². The predicted molar refractivity (Wildman–Crippen MR) is 103 cm³/mol. The Kier molecular flexibility index (Phi) is 5.98. The number of nitrogens with zero attached hydrogens (tertiary/aromatic N) is 3. The van der Waals surface area contributed by atoms with Gasteiger partial charge in [0.15, 0.2) is 0 Å². The maximum Gasteiger partial charge on any atom is 0.498 e. The van der Waals surface area contributed by atoms with Crippen LogP contribution in [0.2, 0.25) is 0 Å². The fourth-order valence-corrected chi connectivity index (χ4v) is 3.40. The summed E-state index contributed by atoms with van der Waals surface area (Å²) >= 11 is 5.71. The van der Waals surface area contributed by atoms with Gasteiger partial charge in [0.1, 0.15) is 12.5 Å². The van der Waals surface area contributed by atoms with Crippen LogP contribution in [0.15, 0.2) is 12.4 Å². The Morgan fingerprint density at radius 2 is 1.89 bits per heavy atom. The van der Waals surface area contributed by atoms with Gasteiger partial charge in [0.2, 0.25) is 5.91 Å². The molecule has 3 rings (SSSR count). The molecule has 0 bridgehead atoms. The second-order valence-electron chi connectivity index (χ2n) is 8.07. The highest BCUT2D eigenvalue weighted by Gasteiger charge is 2.52. The molecule has 0 saturated carbocycles. The Hall–Kier alpha value is -1.38. The van der Waals surface area contributed by atoms with E-state index in [1.807, 2.05) is 27.7 Å². The average Bonchev–Trinajstić information content (AvgIpc) is 2.87. The summed E-state index contributed by atoms with van der Waals surface area (Å²) in [4.78, 5) is 22.3. The molecule has 148 valence electrons. The first-order valence-electron chi connectivity index (χ1n) is 9.39. The molecule has 1 aromatic heterocycles. The van der Waals surface area contributed by atoms with Crippen molar-refractivity contribution in [3.8, 4) is 6.01 Å². The number of likely N-dealkylation sites (tertiary alicyclic amines) is 1. The van der Waals surface area contributed by atoms with Crippen LogP contribution in [0, 0.1) is 0 Å². The van der Waals surface area contributed by atoms with Crippen LogP contribution in [0.3, 0.4) is 0 Å². The van der Waals surface area contributed by atoms with E-state index in [4.69, 9.17) is 25.6 Å². The summed E-state index contributed by atoms with van der Waals surface area (Å²) in [5, 5.41) is 0. The van der Waals surface area contributed by atoms with Gasteiger partial charge in [0.05, 0.1) is 17.2 Å². The number of alkyl halides is 1. The van der Waals surface area contributed by atoms with E-state index in [9.17, 15) is 4.79 Å². The highest BCUT2D eigenvalue weighted by atomic mass is 35.5. The van der Waals surface area contributed by atoms with Crippen LogP contribution >= 0.6 is 11.6 Å². The number of halogens is 1. The van der Waals surface area contributed by atoms with Crippen molar-refractivity contribution >= 4 is 30.1 Å². The number of hydrogen-bond donors (Lipinski definition) is 0. The zero-order valence-corrected chi connectivity index (χ0v) is 17.2. The topological polar surface area (TPSA) is 73.8 Å². The molecule has 0 radical (unpaired) electrons. The van der Waals surface area contributed by atoms with Crippen LogP contribution in [0.5, 0.6) is 6.01 Å². The Bertz CT molecular complexity index is 655. The minimum Gasteiger partial charge on any atom is -0.461 e. The normalized spacial score (nSPS) is 24.1. The molecule has 1 amide bonds. The van der Waals surface area contributed by atoms with Crippen molar-refractivity contribution in [2.45, 2.75) is 64.2 Å². The molecular formula is C18H27BClN3O4. The van der Waals surface area contributed by atoms with Gasteiger partial charge in [-0.1, -0.05) is 0 Å². The van der Waals surface area contributed by atoms with Gasteiger partial charge in [-0.25, -0.2) is 9.97 Å². The number of hydrogen-bond acceptors (Lipinski definition) is 6. The van der Waals surface area contributed by atoms with E-state index in [-0.39, 0.29) is 23.8 Å². The third-order valence-electron chi connectivity index (χ3n) is 5.64. The van der Waals surface area contributed by atoms with Gasteiger partial charge in [-0.2, -0.15) is 0 Å². The largest absolute Gasteiger partial charge is 0.498 e. The molecule has 7 nitrogen and oxygen atoms in total. The van der Waals surface area contributed by atoms with E-state index in [1.165, 1.54) is 0 Å². The Balaban J connectivity index is 1.59. The minimum atomic E-state index is -0.501. The Morgan fingerprint density at radius 3 is 2.48 bits per heavy atom. The Labute approximate surface area is 165 Å². The predicted octanol–water partition coefficient (Wildman–Crippen LogP) is 1.77. The number of ether oxygens (including phenoxy) is 1. The molecule has 2 aliphatic heterocycles. The quantitative estimate of drug-likeness (QED) is 0.559. The maximum atomic E-state index is 12.0. The lowest BCUT2D eigenvalue weighted by atomic mass is 9.81. The smallest absolute Gasteiger partial charge is 0.461 e. The second-order valence-corrected chi connectivity index (χ2v) is 8.34. The van der Waals surface area contributed by atoms with E-state index in [1.54, 1.807) is 17.3 Å². The van der Waals surface area contributed by atoms with Gasteiger partial charge in [-0.3, -0.25) is 4.79 Å². The molecule has 1 unspecified atom stereocenters. The summed E-state index contributed by atoms with van der Waals surface area (Å²) in [5.41, 5.74) is -0.0732. The van der Waals surface area contributed by atoms with Gasteiger partial charge in [0, 0.05) is 24.4 Å². The minimum absolute atomic E-state index is 0.00418. The first-order valence-corrected chi connectivity index (χ1v) is 9.93. The molecule has 1 aromatic rings. The zero-order chi connectivity index (χ0) is 19.7. The molecule has 2 saturated heterocycles. The molecule has 2 fully saturated rings. The SMILES string of the molecule is CC1(C)OB(c2cnc(OCC3CCCCN3C(=O)CCl)nc2)OC1(C)C. The van der Waals surface area contributed by atoms with Crippen molar-refractivity contribution in [3.05, 3.63) is 12.4 Å². The van der Waals surface area contributed by atoms with Crippen molar-refractivity contribution < 1.29 is 18.8 Å². The highest BCUT2D eigenvalue weighted by Crippen LogP contribution is 2.36. The van der Waals surface area contributed by atoms with E-state index in [2.05, 4.69) is 9.97 Å². The van der Waals surface area contributed by atoms with Crippen LogP contribution in [0.1, 0.15) is 47.0 Å². The molecular weight excluding hydrogens is 368 g/mol. The fraction of sp³-hybridized carbons (Fsp3) is 0.722. The molecule has 3 heterocycles. The molecule has 0 aliphatic carbocycles. The van der Waals surface area contributed by atoms with E-state index >= 15 is 0 Å². The monoisotopic (exact) mass is 395 g/mol. The van der Waals surface area contributed by atoms with Crippen LogP contribution in [0.4, 0.5) is 0 Å². The third-order valence-corrected chi connectivity index (χ3v) is 5.87. The summed E-state index contributed by atoms with van der Waals surface area (Å²) in [6.45, 7) is 9.10. The van der Waals surface area contributed by atoms with Gasteiger partial charge in [-0.05, 0) is 47.0 Å². The molecule has 0 aromatic carbocycles. The number of piperidine rings is 1. The first kappa shape index (κ1) is 20.4. The number of carbonyl (C=O) groups is 1. The summed E-state index contributed by atoms with van der Waals surface area (Å²) in [5.74, 6) is -0.0579. The van der Waals surface area contributed by atoms with Crippen molar-refractivity contribution in [2.24, 2.45) is 0 Å². The molecule has 1 atom stereocenters. The van der Waals surface area contributed by atoms with Crippen molar-refractivity contribution in [3.63, 3.8) is 0 Å². The molecule has 0 spiro atoms. The van der Waals surface area contributed by atoms with Crippen LogP contribution in [-0.2, 0) is 14.1 Å². The molecule has 9 heteroatoms. The van der Waals surface area contributed by atoms with Crippen molar-refractivity contribution in [1.29, 1.82) is 0 Å². The van der Waals surface area contributed by atoms with Gasteiger partial charge in [-0.15, -0.1) is 11.6 Å². The van der Waals surface area contributed by atoms with E-state index in [0.717, 1.165) is 31.3 Å². The molecule has 2 aliphatic rings.